The molecule has 1 aliphatic heterocycles. The van der Waals surface area contributed by atoms with Gasteiger partial charge in [0, 0.05) is 32.3 Å². The molecular formula is C30H27BClN5O4S. The topological polar surface area (TPSA) is 122 Å². The first-order valence-electron chi connectivity index (χ1n) is 13.4. The molecule has 42 heavy (non-hydrogen) atoms. The number of thiophene rings is 1. The van der Waals surface area contributed by atoms with Crippen LogP contribution < -0.4 is 15.5 Å². The van der Waals surface area contributed by atoms with Crippen LogP contribution in [0, 0.1) is 6.92 Å². The van der Waals surface area contributed by atoms with E-state index >= 15 is 0 Å². The number of methoxy groups -OCH3 is 1. The van der Waals surface area contributed by atoms with E-state index in [1.807, 2.05) is 60.0 Å². The zero-order valence-corrected chi connectivity index (χ0v) is 24.5. The second-order valence-electron chi connectivity index (χ2n) is 10.0. The van der Waals surface area contributed by atoms with E-state index in [0.717, 1.165) is 31.8 Å². The van der Waals surface area contributed by atoms with Gasteiger partial charge in [-0.05, 0) is 66.7 Å². The maximum Gasteiger partial charge on any atom is 0.488 e. The first kappa shape index (κ1) is 28.1. The maximum atomic E-state index is 13.3. The molecule has 2 aromatic heterocycles. The fourth-order valence-corrected chi connectivity index (χ4v) is 6.37. The van der Waals surface area contributed by atoms with E-state index in [1.54, 1.807) is 30.6 Å². The molecule has 3 heterocycles. The van der Waals surface area contributed by atoms with E-state index in [9.17, 15) is 14.8 Å². The number of rotatable bonds is 8. The van der Waals surface area contributed by atoms with Crippen molar-refractivity contribution in [2.75, 3.05) is 13.7 Å². The highest BCUT2D eigenvalue weighted by Gasteiger charge is 2.30. The minimum atomic E-state index is -1.50. The predicted octanol–water partition coefficient (Wildman–Crippen LogP) is 3.77. The standard InChI is InChI=1S/C30H27BClN5O4S/c1-17-35-36-30-25(16-28(38)33-12-11-23-13-19-3-6-20(31(39)40)14-27(19)42-23)34-29(18-4-7-21(32)8-5-18)24-15-22(41-2)9-10-26(24)37(17)30/h3-10,13-15,25,39-40H,11-12,16H2,1-2H3,(H,33,38)/t25-/m0/s1. The Kier molecular flexibility index (Phi) is 7.83. The number of carbonyl (C=O) groups is 1. The Morgan fingerprint density at radius 3 is 2.67 bits per heavy atom. The van der Waals surface area contributed by atoms with Crippen molar-refractivity contribution in [2.24, 2.45) is 4.99 Å². The number of hydrogen-bond donors (Lipinski definition) is 3. The van der Waals surface area contributed by atoms with Crippen molar-refractivity contribution >= 4 is 57.2 Å². The molecule has 0 spiro atoms. The van der Waals surface area contributed by atoms with Crippen molar-refractivity contribution in [1.29, 1.82) is 0 Å². The van der Waals surface area contributed by atoms with Crippen LogP contribution in [0.25, 0.3) is 15.8 Å². The van der Waals surface area contributed by atoms with Gasteiger partial charge in [0.15, 0.2) is 5.82 Å². The summed E-state index contributed by atoms with van der Waals surface area (Å²) in [5.41, 5.74) is 3.71. The Balaban J connectivity index is 1.26. The lowest BCUT2D eigenvalue weighted by molar-refractivity contribution is -0.121. The van der Waals surface area contributed by atoms with Crippen LogP contribution in [0.2, 0.25) is 5.02 Å². The highest BCUT2D eigenvalue weighted by Crippen LogP contribution is 2.34. The number of ether oxygens (including phenoxy) is 1. The third-order valence-corrected chi connectivity index (χ3v) is 8.63. The first-order valence-corrected chi connectivity index (χ1v) is 14.6. The highest BCUT2D eigenvalue weighted by atomic mass is 35.5. The largest absolute Gasteiger partial charge is 0.497 e. The van der Waals surface area contributed by atoms with Gasteiger partial charge in [0.25, 0.3) is 0 Å². The summed E-state index contributed by atoms with van der Waals surface area (Å²) in [6.07, 6.45) is 0.733. The number of aliphatic imine (C=N–C) groups is 1. The second kappa shape index (κ2) is 11.7. The molecule has 0 aliphatic carbocycles. The highest BCUT2D eigenvalue weighted by molar-refractivity contribution is 7.19. The van der Waals surface area contributed by atoms with Gasteiger partial charge < -0.3 is 20.1 Å². The summed E-state index contributed by atoms with van der Waals surface area (Å²) < 4.78 is 8.45. The maximum absolute atomic E-state index is 13.3. The van der Waals surface area contributed by atoms with E-state index in [2.05, 4.69) is 21.6 Å². The number of aryl methyl sites for hydroxylation is 1. The van der Waals surface area contributed by atoms with Gasteiger partial charge in [-0.3, -0.25) is 14.4 Å². The minimum Gasteiger partial charge on any atom is -0.497 e. The molecule has 0 saturated heterocycles. The van der Waals surface area contributed by atoms with Gasteiger partial charge in [0.2, 0.25) is 5.91 Å². The number of nitrogens with zero attached hydrogens (tertiary/aromatic N) is 4. The van der Waals surface area contributed by atoms with Crippen molar-refractivity contribution in [3.05, 3.63) is 99.4 Å². The van der Waals surface area contributed by atoms with Gasteiger partial charge in [-0.25, -0.2) is 0 Å². The van der Waals surface area contributed by atoms with Crippen LogP contribution in [0.1, 0.15) is 40.1 Å². The fraction of sp³-hybridized carbons (Fsp3) is 0.200. The third-order valence-electron chi connectivity index (χ3n) is 7.22. The third kappa shape index (κ3) is 5.56. The molecule has 3 N–H and O–H groups in total. The average molecular weight is 600 g/mol. The summed E-state index contributed by atoms with van der Waals surface area (Å²) in [6.45, 7) is 2.33. The van der Waals surface area contributed by atoms with Crippen molar-refractivity contribution in [3.8, 4) is 11.4 Å². The number of nitrogens with one attached hydrogen (secondary N) is 1. The normalized spacial score (nSPS) is 14.1. The number of carbonyl (C=O) groups excluding carboxylic acids is 1. The molecule has 0 bridgehead atoms. The molecule has 6 rings (SSSR count). The van der Waals surface area contributed by atoms with Gasteiger partial charge >= 0.3 is 7.12 Å². The van der Waals surface area contributed by atoms with Crippen molar-refractivity contribution in [3.63, 3.8) is 0 Å². The van der Waals surface area contributed by atoms with Gasteiger partial charge in [0.1, 0.15) is 17.6 Å². The second-order valence-corrected chi connectivity index (χ2v) is 11.6. The molecule has 0 saturated carbocycles. The molecule has 1 amide bonds. The monoisotopic (exact) mass is 599 g/mol. The fourth-order valence-electron chi connectivity index (χ4n) is 5.14. The Hall–Kier alpha value is -4.03. The van der Waals surface area contributed by atoms with Crippen LogP contribution >= 0.6 is 22.9 Å². The number of hydrogen-bond acceptors (Lipinski definition) is 8. The van der Waals surface area contributed by atoms with Gasteiger partial charge in [-0.1, -0.05) is 35.9 Å². The number of benzene rings is 3. The smallest absolute Gasteiger partial charge is 0.488 e. The molecule has 212 valence electrons. The van der Waals surface area contributed by atoms with Gasteiger partial charge in [-0.2, -0.15) is 0 Å². The molecule has 0 fully saturated rings. The summed E-state index contributed by atoms with van der Waals surface area (Å²) in [6, 6.07) is 20.1. The van der Waals surface area contributed by atoms with Crippen LogP contribution in [0.3, 0.4) is 0 Å². The van der Waals surface area contributed by atoms with Gasteiger partial charge in [-0.15, -0.1) is 21.5 Å². The van der Waals surface area contributed by atoms with Crippen molar-refractivity contribution in [2.45, 2.75) is 25.8 Å². The average Bonchev–Trinajstić information content (AvgIpc) is 3.54. The summed E-state index contributed by atoms with van der Waals surface area (Å²) in [7, 11) is 0.117. The molecule has 0 unspecified atom stereocenters. The molecule has 1 aliphatic rings. The Bertz CT molecular complexity index is 1820. The summed E-state index contributed by atoms with van der Waals surface area (Å²) >= 11 is 7.76. The molecule has 1 atom stereocenters. The lowest BCUT2D eigenvalue weighted by Crippen LogP contribution is -2.29. The van der Waals surface area contributed by atoms with E-state index < -0.39 is 13.2 Å². The zero-order chi connectivity index (χ0) is 29.4. The summed E-state index contributed by atoms with van der Waals surface area (Å²) in [4.78, 5) is 19.4. The number of fused-ring (bicyclic) bond motifs is 4. The lowest BCUT2D eigenvalue weighted by atomic mass is 9.80. The lowest BCUT2D eigenvalue weighted by Gasteiger charge is -2.14. The molecular weight excluding hydrogens is 573 g/mol. The summed E-state index contributed by atoms with van der Waals surface area (Å²) in [5.74, 6) is 1.81. The van der Waals surface area contributed by atoms with Gasteiger partial charge in [0.05, 0.1) is 24.9 Å². The van der Waals surface area contributed by atoms with Crippen LogP contribution in [0.15, 0.2) is 71.7 Å². The van der Waals surface area contributed by atoms with E-state index in [-0.39, 0.29) is 12.3 Å². The van der Waals surface area contributed by atoms with Crippen LogP contribution in [0.4, 0.5) is 0 Å². The molecule has 9 nitrogen and oxygen atoms in total. The zero-order valence-electron chi connectivity index (χ0n) is 22.9. The minimum absolute atomic E-state index is 0.0878. The Labute approximate surface area is 251 Å². The quantitative estimate of drug-likeness (QED) is 0.234. The SMILES string of the molecule is COc1ccc2c(c1)C(c1ccc(Cl)cc1)=N[C@@H](CC(=O)NCCc1cc3ccc(B(O)O)cc3s1)c1nnc(C)n1-2. The Morgan fingerprint density at radius 2 is 1.90 bits per heavy atom. The summed E-state index contributed by atoms with van der Waals surface area (Å²) in [5, 5.41) is 32.4. The van der Waals surface area contributed by atoms with Crippen molar-refractivity contribution < 1.29 is 19.6 Å². The van der Waals surface area contributed by atoms with Crippen LogP contribution in [-0.2, 0) is 11.2 Å². The number of aromatic nitrogens is 3. The predicted molar refractivity (Wildman–Crippen MR) is 165 cm³/mol. The molecule has 12 heteroatoms. The van der Waals surface area contributed by atoms with E-state index in [4.69, 9.17) is 21.3 Å². The van der Waals surface area contributed by atoms with Crippen LogP contribution in [-0.4, -0.2) is 57.2 Å². The van der Waals surface area contributed by atoms with E-state index in [0.29, 0.717) is 46.6 Å². The van der Waals surface area contributed by atoms with Crippen molar-refractivity contribution in [1.82, 2.24) is 20.1 Å². The van der Waals surface area contributed by atoms with Crippen LogP contribution in [0.5, 0.6) is 5.75 Å². The molecule has 0 radical (unpaired) electrons. The molecule has 5 aromatic rings. The van der Waals surface area contributed by atoms with E-state index in [1.165, 1.54) is 0 Å². The Morgan fingerprint density at radius 1 is 1.10 bits per heavy atom. The first-order chi connectivity index (χ1) is 20.3. The number of halogens is 1. The number of amides is 1. The molecule has 3 aromatic carbocycles.